The van der Waals surface area contributed by atoms with Gasteiger partial charge in [-0.15, -0.1) is 0 Å². The second-order valence-electron chi connectivity index (χ2n) is 5.88. The molecule has 106 valence electrons. The standard InChI is InChI=1S/C14H27N3O.H2/c1-3-12-5-4-6-13(11-12)15-14(18)17-9-7-16(2)8-10-17;/h12-13H,3-11H2,1-2H3,(H,15,18);1H/t12-,13+;/m0./s1. The molecule has 2 aliphatic rings. The zero-order valence-electron chi connectivity index (χ0n) is 11.8. The van der Waals surface area contributed by atoms with Gasteiger partial charge < -0.3 is 15.1 Å². The highest BCUT2D eigenvalue weighted by atomic mass is 16.2. The first-order valence-corrected chi connectivity index (χ1v) is 7.43. The molecule has 0 aromatic heterocycles. The lowest BCUT2D eigenvalue weighted by molar-refractivity contribution is 0.147. The lowest BCUT2D eigenvalue weighted by Gasteiger charge is -2.35. The van der Waals surface area contributed by atoms with Gasteiger partial charge in [-0.05, 0) is 25.8 Å². The van der Waals surface area contributed by atoms with Crippen LogP contribution in [-0.2, 0) is 0 Å². The predicted octanol–water partition coefficient (Wildman–Crippen LogP) is 2.16. The van der Waals surface area contributed by atoms with Crippen LogP contribution in [0.1, 0.15) is 40.5 Å². The summed E-state index contributed by atoms with van der Waals surface area (Å²) < 4.78 is 0. The second kappa shape index (κ2) is 6.41. The molecule has 2 amide bonds. The van der Waals surface area contributed by atoms with Crippen molar-refractivity contribution in [3.8, 4) is 0 Å². The van der Waals surface area contributed by atoms with Gasteiger partial charge in [0.2, 0.25) is 0 Å². The van der Waals surface area contributed by atoms with Crippen molar-refractivity contribution < 1.29 is 6.22 Å². The maximum absolute atomic E-state index is 12.2. The summed E-state index contributed by atoms with van der Waals surface area (Å²) in [4.78, 5) is 16.4. The molecular formula is C14H29N3O. The quantitative estimate of drug-likeness (QED) is 0.821. The van der Waals surface area contributed by atoms with Crippen LogP contribution < -0.4 is 5.32 Å². The van der Waals surface area contributed by atoms with Crippen LogP contribution in [0.5, 0.6) is 0 Å². The van der Waals surface area contributed by atoms with E-state index >= 15 is 0 Å². The van der Waals surface area contributed by atoms with Gasteiger partial charge in [0.15, 0.2) is 0 Å². The van der Waals surface area contributed by atoms with Crippen molar-refractivity contribution in [1.29, 1.82) is 0 Å². The van der Waals surface area contributed by atoms with E-state index in [1.54, 1.807) is 0 Å². The molecule has 0 bridgehead atoms. The molecule has 0 aromatic rings. The Morgan fingerprint density at radius 2 is 2.00 bits per heavy atom. The molecule has 4 heteroatoms. The average Bonchev–Trinajstić information content (AvgIpc) is 2.39. The molecular weight excluding hydrogens is 226 g/mol. The van der Waals surface area contributed by atoms with Gasteiger partial charge in [0.25, 0.3) is 0 Å². The van der Waals surface area contributed by atoms with Gasteiger partial charge in [-0.25, -0.2) is 4.79 Å². The summed E-state index contributed by atoms with van der Waals surface area (Å²) in [7, 11) is 2.11. The minimum Gasteiger partial charge on any atom is -0.335 e. The third-order valence-corrected chi connectivity index (χ3v) is 4.48. The van der Waals surface area contributed by atoms with Crippen molar-refractivity contribution >= 4 is 6.03 Å². The molecule has 18 heavy (non-hydrogen) atoms. The molecule has 2 fully saturated rings. The van der Waals surface area contributed by atoms with E-state index in [0.717, 1.165) is 38.5 Å². The van der Waals surface area contributed by atoms with Crippen molar-refractivity contribution in [1.82, 2.24) is 15.1 Å². The van der Waals surface area contributed by atoms with Crippen molar-refractivity contribution in [2.45, 2.75) is 45.1 Å². The largest absolute Gasteiger partial charge is 0.335 e. The average molecular weight is 255 g/mol. The van der Waals surface area contributed by atoms with Crippen LogP contribution >= 0.6 is 0 Å². The molecule has 4 nitrogen and oxygen atoms in total. The SMILES string of the molecule is CC[C@H]1CCC[C@@H](NC(=O)N2CCN(C)CC2)C1.[HH]. The van der Waals surface area contributed by atoms with Crippen molar-refractivity contribution in [3.63, 3.8) is 0 Å². The molecule has 2 atom stereocenters. The first kappa shape index (κ1) is 13.7. The van der Waals surface area contributed by atoms with Crippen LogP contribution in [0.2, 0.25) is 0 Å². The number of rotatable bonds is 2. The molecule has 1 saturated heterocycles. The minimum absolute atomic E-state index is 0. The molecule has 1 aliphatic heterocycles. The Labute approximate surface area is 112 Å². The Morgan fingerprint density at radius 3 is 2.67 bits per heavy atom. The Morgan fingerprint density at radius 1 is 1.28 bits per heavy atom. The summed E-state index contributed by atoms with van der Waals surface area (Å²) in [6, 6.07) is 0.570. The normalized spacial score (nSPS) is 30.2. The van der Waals surface area contributed by atoms with E-state index in [4.69, 9.17) is 0 Å². The summed E-state index contributed by atoms with van der Waals surface area (Å²) in [5.74, 6) is 0.816. The fourth-order valence-electron chi connectivity index (χ4n) is 3.07. The Hall–Kier alpha value is -0.770. The third kappa shape index (κ3) is 3.61. The summed E-state index contributed by atoms with van der Waals surface area (Å²) in [6.45, 7) is 5.99. The highest BCUT2D eigenvalue weighted by Gasteiger charge is 2.25. The Bertz CT molecular complexity index is 280. The fourth-order valence-corrected chi connectivity index (χ4v) is 3.07. The number of amides is 2. The molecule has 2 rings (SSSR count). The van der Waals surface area contributed by atoms with Crippen LogP contribution in [0.15, 0.2) is 0 Å². The molecule has 0 radical (unpaired) electrons. The van der Waals surface area contributed by atoms with Crippen LogP contribution in [0.4, 0.5) is 4.79 Å². The van der Waals surface area contributed by atoms with Gasteiger partial charge in [-0.3, -0.25) is 0 Å². The van der Waals surface area contributed by atoms with Crippen LogP contribution in [0.25, 0.3) is 0 Å². The van der Waals surface area contributed by atoms with E-state index in [1.165, 1.54) is 25.7 Å². The monoisotopic (exact) mass is 255 g/mol. The summed E-state index contributed by atoms with van der Waals surface area (Å²) in [5.41, 5.74) is 0. The van der Waals surface area contributed by atoms with E-state index in [0.29, 0.717) is 6.04 Å². The molecule has 1 heterocycles. The van der Waals surface area contributed by atoms with Gasteiger partial charge in [-0.1, -0.05) is 26.2 Å². The zero-order chi connectivity index (χ0) is 13.0. The maximum atomic E-state index is 12.2. The summed E-state index contributed by atoms with van der Waals surface area (Å²) in [5, 5.41) is 3.24. The molecule has 1 aliphatic carbocycles. The number of nitrogens with zero attached hydrogens (tertiary/aromatic N) is 2. The maximum Gasteiger partial charge on any atom is 0.317 e. The first-order chi connectivity index (χ1) is 8.69. The van der Waals surface area contributed by atoms with Gasteiger partial charge in [-0.2, -0.15) is 0 Å². The number of urea groups is 1. The first-order valence-electron chi connectivity index (χ1n) is 7.43. The number of carbonyl (C=O) groups is 1. The molecule has 0 unspecified atom stereocenters. The lowest BCUT2D eigenvalue weighted by atomic mass is 9.84. The summed E-state index contributed by atoms with van der Waals surface area (Å²) >= 11 is 0. The van der Waals surface area contributed by atoms with E-state index in [-0.39, 0.29) is 7.46 Å². The molecule has 0 spiro atoms. The van der Waals surface area contributed by atoms with Gasteiger partial charge in [0.1, 0.15) is 0 Å². The van der Waals surface area contributed by atoms with E-state index in [2.05, 4.69) is 24.2 Å². The second-order valence-corrected chi connectivity index (χ2v) is 5.88. The van der Waals surface area contributed by atoms with Crippen molar-refractivity contribution in [2.75, 3.05) is 33.2 Å². The molecule has 1 saturated carbocycles. The third-order valence-electron chi connectivity index (χ3n) is 4.48. The van der Waals surface area contributed by atoms with Crippen LogP contribution in [0, 0.1) is 5.92 Å². The predicted molar refractivity (Wildman–Crippen MR) is 75.8 cm³/mol. The van der Waals surface area contributed by atoms with E-state index in [1.807, 2.05) is 4.90 Å². The number of piperazine rings is 1. The van der Waals surface area contributed by atoms with Crippen LogP contribution in [0.3, 0.4) is 0 Å². The molecule has 1 N–H and O–H groups in total. The van der Waals surface area contributed by atoms with Gasteiger partial charge >= 0.3 is 6.03 Å². The minimum atomic E-state index is 0. The number of carbonyl (C=O) groups excluding carboxylic acids is 1. The highest BCUT2D eigenvalue weighted by Crippen LogP contribution is 2.26. The van der Waals surface area contributed by atoms with Crippen molar-refractivity contribution in [2.24, 2.45) is 5.92 Å². The number of nitrogens with one attached hydrogen (secondary N) is 1. The number of hydrogen-bond acceptors (Lipinski definition) is 2. The zero-order valence-corrected chi connectivity index (χ0v) is 11.8. The topological polar surface area (TPSA) is 35.6 Å². The molecule has 0 aromatic carbocycles. The smallest absolute Gasteiger partial charge is 0.317 e. The van der Waals surface area contributed by atoms with Gasteiger partial charge in [0, 0.05) is 33.6 Å². The fraction of sp³-hybridized carbons (Fsp3) is 0.929. The highest BCUT2D eigenvalue weighted by molar-refractivity contribution is 5.74. The Balaban J connectivity index is 0.00000180. The van der Waals surface area contributed by atoms with Crippen molar-refractivity contribution in [3.05, 3.63) is 0 Å². The van der Waals surface area contributed by atoms with Crippen LogP contribution in [-0.4, -0.2) is 55.1 Å². The van der Waals surface area contributed by atoms with Gasteiger partial charge in [0.05, 0.1) is 0 Å². The van der Waals surface area contributed by atoms with E-state index < -0.39 is 0 Å². The lowest BCUT2D eigenvalue weighted by Crippen LogP contribution is -2.53. The Kier molecular flexibility index (Phi) is 4.87. The summed E-state index contributed by atoms with van der Waals surface area (Å²) in [6.07, 6.45) is 6.20. The number of likely N-dealkylation sites (N-methyl/N-ethyl adjacent to an activating group) is 1. The number of hydrogen-bond donors (Lipinski definition) is 1. The van der Waals surface area contributed by atoms with E-state index in [9.17, 15) is 4.79 Å².